The van der Waals surface area contributed by atoms with Crippen LogP contribution in [0.1, 0.15) is 55.1 Å². The lowest BCUT2D eigenvalue weighted by Gasteiger charge is -2.36. The van der Waals surface area contributed by atoms with Crippen molar-refractivity contribution in [2.45, 2.75) is 44.7 Å². The second-order valence-electron chi connectivity index (χ2n) is 5.66. The summed E-state index contributed by atoms with van der Waals surface area (Å²) in [6, 6.07) is 4.38. The highest BCUT2D eigenvalue weighted by atomic mass is 32.1. The third-order valence-corrected chi connectivity index (χ3v) is 5.25. The fraction of sp³-hybridized carbons (Fsp3) is 0.500. The second-order valence-corrected chi connectivity index (χ2v) is 6.64. The average Bonchev–Trinajstić information content (AvgIpc) is 3.25. The quantitative estimate of drug-likeness (QED) is 0.899. The Morgan fingerprint density at radius 2 is 2.50 bits per heavy atom. The zero-order valence-electron chi connectivity index (χ0n) is 12.8. The molecule has 1 aliphatic rings. The fourth-order valence-corrected chi connectivity index (χ4v) is 3.92. The van der Waals surface area contributed by atoms with E-state index in [1.807, 2.05) is 23.4 Å². The Morgan fingerprint density at radius 1 is 1.59 bits per heavy atom. The molecule has 1 fully saturated rings. The van der Waals surface area contributed by atoms with E-state index in [4.69, 9.17) is 0 Å². The molecule has 2 aromatic rings. The summed E-state index contributed by atoms with van der Waals surface area (Å²) in [6.07, 6.45) is 7.85. The van der Waals surface area contributed by atoms with Crippen LogP contribution >= 0.6 is 11.3 Å². The number of H-pyrrole nitrogens is 1. The Kier molecular flexibility index (Phi) is 4.77. The zero-order chi connectivity index (χ0) is 15.4. The van der Waals surface area contributed by atoms with Gasteiger partial charge in [-0.3, -0.25) is 5.10 Å². The van der Waals surface area contributed by atoms with E-state index < -0.39 is 0 Å². The van der Waals surface area contributed by atoms with Gasteiger partial charge in [-0.2, -0.15) is 5.10 Å². The highest BCUT2D eigenvalue weighted by molar-refractivity contribution is 7.10. The SMILES string of the molecule is CC[C@H](NC(=O)N1CCCC[C@H]1c1cn[nH]c1)c1cccs1. The number of rotatable bonds is 4. The fourth-order valence-electron chi connectivity index (χ4n) is 3.06. The van der Waals surface area contributed by atoms with Crippen LogP contribution in [0.5, 0.6) is 0 Å². The molecular weight excluding hydrogens is 296 g/mol. The number of aromatic nitrogens is 2. The van der Waals surface area contributed by atoms with Crippen molar-refractivity contribution < 1.29 is 4.79 Å². The van der Waals surface area contributed by atoms with Crippen molar-refractivity contribution in [3.63, 3.8) is 0 Å². The highest BCUT2D eigenvalue weighted by Crippen LogP contribution is 2.31. The number of piperidine rings is 1. The van der Waals surface area contributed by atoms with Gasteiger partial charge >= 0.3 is 6.03 Å². The number of aromatic amines is 1. The van der Waals surface area contributed by atoms with Gasteiger partial charge in [0.25, 0.3) is 0 Å². The Bertz CT molecular complexity index is 581. The Labute approximate surface area is 134 Å². The molecule has 2 aromatic heterocycles. The lowest BCUT2D eigenvalue weighted by molar-refractivity contribution is 0.148. The van der Waals surface area contributed by atoms with E-state index >= 15 is 0 Å². The molecule has 6 heteroatoms. The van der Waals surface area contributed by atoms with E-state index in [2.05, 4.69) is 33.9 Å². The molecule has 22 heavy (non-hydrogen) atoms. The first-order valence-electron chi connectivity index (χ1n) is 7.88. The number of hydrogen-bond acceptors (Lipinski definition) is 3. The van der Waals surface area contributed by atoms with Crippen LogP contribution in [0.3, 0.4) is 0 Å². The van der Waals surface area contributed by atoms with Crippen LogP contribution in [0, 0.1) is 0 Å². The third-order valence-electron chi connectivity index (χ3n) is 4.26. The predicted octanol–water partition coefficient (Wildman–Crippen LogP) is 3.86. The molecule has 0 radical (unpaired) electrons. The van der Waals surface area contributed by atoms with Gasteiger partial charge in [0.15, 0.2) is 0 Å². The Morgan fingerprint density at radius 3 is 3.18 bits per heavy atom. The van der Waals surface area contributed by atoms with E-state index in [1.165, 1.54) is 4.88 Å². The van der Waals surface area contributed by atoms with E-state index in [-0.39, 0.29) is 18.1 Å². The summed E-state index contributed by atoms with van der Waals surface area (Å²) < 4.78 is 0. The number of hydrogen-bond donors (Lipinski definition) is 2. The number of nitrogens with zero attached hydrogens (tertiary/aromatic N) is 2. The summed E-state index contributed by atoms with van der Waals surface area (Å²) in [5, 5.41) is 12.1. The van der Waals surface area contributed by atoms with Gasteiger partial charge in [-0.1, -0.05) is 13.0 Å². The molecule has 0 aliphatic carbocycles. The van der Waals surface area contributed by atoms with Gasteiger partial charge in [0, 0.05) is 23.2 Å². The second kappa shape index (κ2) is 6.96. The van der Waals surface area contributed by atoms with Crippen molar-refractivity contribution in [3.05, 3.63) is 40.3 Å². The molecule has 3 rings (SSSR count). The van der Waals surface area contributed by atoms with Crippen molar-refractivity contribution in [2.24, 2.45) is 0 Å². The monoisotopic (exact) mass is 318 g/mol. The van der Waals surface area contributed by atoms with Crippen LogP contribution < -0.4 is 5.32 Å². The van der Waals surface area contributed by atoms with Gasteiger partial charge in [0.2, 0.25) is 0 Å². The molecular formula is C16H22N4OS. The standard InChI is InChI=1S/C16H22N4OS/c1-2-13(15-7-5-9-22-15)19-16(21)20-8-4-3-6-14(20)12-10-17-18-11-12/h5,7,9-11,13-14H,2-4,6,8H2,1H3,(H,17,18)(H,19,21)/t13-,14-/m0/s1. The molecule has 1 saturated heterocycles. The number of amides is 2. The number of carbonyl (C=O) groups excluding carboxylic acids is 1. The Hall–Kier alpha value is -1.82. The number of likely N-dealkylation sites (tertiary alicyclic amines) is 1. The van der Waals surface area contributed by atoms with Gasteiger partial charge in [0.05, 0.1) is 18.3 Å². The predicted molar refractivity (Wildman–Crippen MR) is 87.8 cm³/mol. The number of urea groups is 1. The first-order chi connectivity index (χ1) is 10.8. The van der Waals surface area contributed by atoms with Crippen molar-refractivity contribution in [1.82, 2.24) is 20.4 Å². The molecule has 2 N–H and O–H groups in total. The van der Waals surface area contributed by atoms with Crippen LogP contribution in [0.2, 0.25) is 0 Å². The summed E-state index contributed by atoms with van der Waals surface area (Å²) in [5.74, 6) is 0. The topological polar surface area (TPSA) is 61.0 Å². The molecule has 118 valence electrons. The average molecular weight is 318 g/mol. The van der Waals surface area contributed by atoms with E-state index in [9.17, 15) is 4.79 Å². The smallest absolute Gasteiger partial charge is 0.318 e. The molecule has 2 atom stereocenters. The molecule has 0 unspecified atom stereocenters. The van der Waals surface area contributed by atoms with E-state index in [0.29, 0.717) is 0 Å². The maximum atomic E-state index is 12.8. The lowest BCUT2D eigenvalue weighted by atomic mass is 9.98. The van der Waals surface area contributed by atoms with E-state index in [1.54, 1.807) is 11.3 Å². The maximum absolute atomic E-state index is 12.8. The molecule has 2 amide bonds. The summed E-state index contributed by atoms with van der Waals surface area (Å²) in [4.78, 5) is 15.9. The van der Waals surface area contributed by atoms with Gasteiger partial charge in [-0.05, 0) is 37.1 Å². The summed E-state index contributed by atoms with van der Waals surface area (Å²) in [5.41, 5.74) is 1.10. The van der Waals surface area contributed by atoms with Gasteiger partial charge in [0.1, 0.15) is 0 Å². The number of carbonyl (C=O) groups is 1. The largest absolute Gasteiger partial charge is 0.330 e. The molecule has 3 heterocycles. The number of nitrogens with one attached hydrogen (secondary N) is 2. The van der Waals surface area contributed by atoms with Crippen molar-refractivity contribution in [3.8, 4) is 0 Å². The Balaban J connectivity index is 1.72. The van der Waals surface area contributed by atoms with Crippen molar-refractivity contribution in [2.75, 3.05) is 6.54 Å². The molecule has 0 spiro atoms. The van der Waals surface area contributed by atoms with Crippen LogP contribution in [-0.2, 0) is 0 Å². The number of thiophene rings is 1. The van der Waals surface area contributed by atoms with Crippen LogP contribution in [-0.4, -0.2) is 27.7 Å². The van der Waals surface area contributed by atoms with Crippen molar-refractivity contribution >= 4 is 17.4 Å². The third kappa shape index (κ3) is 3.16. The normalized spacial score (nSPS) is 19.9. The first kappa shape index (κ1) is 15.1. The zero-order valence-corrected chi connectivity index (χ0v) is 13.6. The van der Waals surface area contributed by atoms with Crippen LogP contribution in [0.4, 0.5) is 4.79 Å². The minimum Gasteiger partial charge on any atom is -0.330 e. The summed E-state index contributed by atoms with van der Waals surface area (Å²) >= 11 is 1.69. The van der Waals surface area contributed by atoms with Gasteiger partial charge < -0.3 is 10.2 Å². The van der Waals surface area contributed by atoms with Crippen molar-refractivity contribution in [1.29, 1.82) is 0 Å². The van der Waals surface area contributed by atoms with Gasteiger partial charge in [-0.15, -0.1) is 11.3 Å². The van der Waals surface area contributed by atoms with Gasteiger partial charge in [-0.25, -0.2) is 4.79 Å². The minimum absolute atomic E-state index is 0.0335. The van der Waals surface area contributed by atoms with Crippen LogP contribution in [0.25, 0.3) is 0 Å². The first-order valence-corrected chi connectivity index (χ1v) is 8.76. The maximum Gasteiger partial charge on any atom is 0.318 e. The lowest BCUT2D eigenvalue weighted by Crippen LogP contribution is -2.45. The summed E-state index contributed by atoms with van der Waals surface area (Å²) in [6.45, 7) is 2.91. The molecule has 0 aromatic carbocycles. The molecule has 0 bridgehead atoms. The minimum atomic E-state index is 0.0335. The molecule has 0 saturated carbocycles. The molecule has 5 nitrogen and oxygen atoms in total. The van der Waals surface area contributed by atoms with Crippen LogP contribution in [0.15, 0.2) is 29.9 Å². The molecule has 1 aliphatic heterocycles. The van der Waals surface area contributed by atoms with E-state index in [0.717, 1.165) is 37.8 Å². The summed E-state index contributed by atoms with van der Waals surface area (Å²) in [7, 11) is 0. The highest BCUT2D eigenvalue weighted by Gasteiger charge is 2.29.